The van der Waals surface area contributed by atoms with E-state index >= 15 is 0 Å². The van der Waals surface area contributed by atoms with E-state index in [0.29, 0.717) is 6.10 Å². The molecular formula is C8H18O. The van der Waals surface area contributed by atoms with Crippen molar-refractivity contribution in [2.24, 2.45) is 5.92 Å². The zero-order valence-corrected chi connectivity index (χ0v) is 5.68. The fourth-order valence-corrected chi connectivity index (χ4v) is 0.996. The first kappa shape index (κ1) is 8.96. The van der Waals surface area contributed by atoms with Crippen molar-refractivity contribution < 1.29 is 4.74 Å². The van der Waals surface area contributed by atoms with Crippen molar-refractivity contribution in [3.63, 3.8) is 0 Å². The Balaban J connectivity index is 0.000000640. The fraction of sp³-hybridized carbons (Fsp3) is 1.00. The molecular weight excluding hydrogens is 112 g/mol. The molecule has 0 spiro atoms. The van der Waals surface area contributed by atoms with Gasteiger partial charge in [0.2, 0.25) is 0 Å². The quantitative estimate of drug-likeness (QED) is 0.558. The van der Waals surface area contributed by atoms with E-state index in [-0.39, 0.29) is 7.43 Å². The fourth-order valence-electron chi connectivity index (χ4n) is 0.996. The Morgan fingerprint density at radius 2 is 2.11 bits per heavy atom. The Bertz CT molecular complexity index is 65.0. The Hall–Kier alpha value is -0.0400. The summed E-state index contributed by atoms with van der Waals surface area (Å²) in [6.07, 6.45) is 3.15. The van der Waals surface area contributed by atoms with Crippen LogP contribution in [0.5, 0.6) is 0 Å². The van der Waals surface area contributed by atoms with Gasteiger partial charge < -0.3 is 4.74 Å². The molecule has 1 heterocycles. The molecule has 0 aromatic carbocycles. The highest BCUT2D eigenvalue weighted by Crippen LogP contribution is 2.18. The summed E-state index contributed by atoms with van der Waals surface area (Å²) in [6.45, 7) is 5.47. The summed E-state index contributed by atoms with van der Waals surface area (Å²) in [5.41, 5.74) is 0. The van der Waals surface area contributed by atoms with Crippen molar-refractivity contribution in [2.75, 3.05) is 6.61 Å². The van der Waals surface area contributed by atoms with Crippen LogP contribution in [-0.4, -0.2) is 12.7 Å². The van der Waals surface area contributed by atoms with Gasteiger partial charge in [-0.3, -0.25) is 0 Å². The van der Waals surface area contributed by atoms with Crippen LogP contribution >= 0.6 is 0 Å². The van der Waals surface area contributed by atoms with Gasteiger partial charge in [0.15, 0.2) is 0 Å². The van der Waals surface area contributed by atoms with Crippen LogP contribution < -0.4 is 0 Å². The minimum Gasteiger partial charge on any atom is -0.378 e. The standard InChI is InChI=1S/C7H14O.CH4/c1-6(2)5-7-3-4-8-7;/h6-7H,3-5H2,1-2H3;1H4. The first-order valence-corrected chi connectivity index (χ1v) is 3.40. The molecule has 0 N–H and O–H groups in total. The highest BCUT2D eigenvalue weighted by atomic mass is 16.5. The van der Waals surface area contributed by atoms with Crippen molar-refractivity contribution in [3.8, 4) is 0 Å². The molecule has 1 heteroatoms. The molecule has 1 rings (SSSR count). The molecule has 0 amide bonds. The SMILES string of the molecule is C.CC(C)CC1CCO1. The maximum Gasteiger partial charge on any atom is 0.0599 e. The van der Waals surface area contributed by atoms with Crippen molar-refractivity contribution in [3.05, 3.63) is 0 Å². The molecule has 1 atom stereocenters. The zero-order chi connectivity index (χ0) is 5.98. The van der Waals surface area contributed by atoms with E-state index in [2.05, 4.69) is 13.8 Å². The summed E-state index contributed by atoms with van der Waals surface area (Å²) < 4.78 is 5.24. The molecule has 0 aromatic heterocycles. The third-order valence-corrected chi connectivity index (χ3v) is 1.53. The van der Waals surface area contributed by atoms with Gasteiger partial charge in [-0.05, 0) is 18.8 Å². The lowest BCUT2D eigenvalue weighted by atomic mass is 10.0. The third kappa shape index (κ3) is 2.85. The predicted molar refractivity (Wildman–Crippen MR) is 40.5 cm³/mol. The maximum atomic E-state index is 5.24. The summed E-state index contributed by atoms with van der Waals surface area (Å²) >= 11 is 0. The van der Waals surface area contributed by atoms with Crippen molar-refractivity contribution in [2.45, 2.75) is 40.2 Å². The van der Waals surface area contributed by atoms with Crippen molar-refractivity contribution in [1.29, 1.82) is 0 Å². The molecule has 1 fully saturated rings. The first-order chi connectivity index (χ1) is 3.79. The van der Waals surface area contributed by atoms with Crippen LogP contribution in [0.1, 0.15) is 34.1 Å². The molecule has 56 valence electrons. The molecule has 1 saturated heterocycles. The van der Waals surface area contributed by atoms with Gasteiger partial charge >= 0.3 is 0 Å². The van der Waals surface area contributed by atoms with Gasteiger partial charge in [0.1, 0.15) is 0 Å². The molecule has 1 nitrogen and oxygen atoms in total. The second-order valence-electron chi connectivity index (χ2n) is 2.91. The number of hydrogen-bond donors (Lipinski definition) is 0. The van der Waals surface area contributed by atoms with Crippen molar-refractivity contribution in [1.82, 2.24) is 0 Å². The summed E-state index contributed by atoms with van der Waals surface area (Å²) in [5.74, 6) is 0.806. The molecule has 1 unspecified atom stereocenters. The van der Waals surface area contributed by atoms with Crippen LogP contribution in [0.25, 0.3) is 0 Å². The molecule has 9 heavy (non-hydrogen) atoms. The molecule has 0 aromatic rings. The average molecular weight is 130 g/mol. The zero-order valence-electron chi connectivity index (χ0n) is 5.68. The topological polar surface area (TPSA) is 9.23 Å². The van der Waals surface area contributed by atoms with E-state index in [1.54, 1.807) is 0 Å². The molecule has 0 saturated carbocycles. The lowest BCUT2D eigenvalue weighted by Gasteiger charge is -2.27. The van der Waals surface area contributed by atoms with Crippen LogP contribution in [0, 0.1) is 5.92 Å². The lowest BCUT2D eigenvalue weighted by molar-refractivity contribution is -0.0605. The Morgan fingerprint density at radius 1 is 1.56 bits per heavy atom. The third-order valence-electron chi connectivity index (χ3n) is 1.53. The summed E-state index contributed by atoms with van der Waals surface area (Å²) in [5, 5.41) is 0. The predicted octanol–water partition coefficient (Wildman–Crippen LogP) is 2.46. The van der Waals surface area contributed by atoms with E-state index in [1.165, 1.54) is 12.8 Å². The minimum atomic E-state index is 0. The number of hydrogen-bond acceptors (Lipinski definition) is 1. The molecule has 0 bridgehead atoms. The lowest BCUT2D eigenvalue weighted by Crippen LogP contribution is -2.27. The van der Waals surface area contributed by atoms with Gasteiger partial charge in [-0.2, -0.15) is 0 Å². The highest BCUT2D eigenvalue weighted by Gasteiger charge is 2.18. The summed E-state index contributed by atoms with van der Waals surface area (Å²) in [7, 11) is 0. The number of rotatable bonds is 2. The van der Waals surface area contributed by atoms with E-state index in [9.17, 15) is 0 Å². The highest BCUT2D eigenvalue weighted by molar-refractivity contribution is 4.67. The van der Waals surface area contributed by atoms with E-state index in [1.807, 2.05) is 0 Å². The molecule has 0 radical (unpaired) electrons. The van der Waals surface area contributed by atoms with Gasteiger partial charge in [0.05, 0.1) is 6.10 Å². The van der Waals surface area contributed by atoms with Crippen molar-refractivity contribution >= 4 is 0 Å². The summed E-state index contributed by atoms with van der Waals surface area (Å²) in [4.78, 5) is 0. The molecule has 1 aliphatic heterocycles. The van der Waals surface area contributed by atoms with Crippen LogP contribution in [-0.2, 0) is 4.74 Å². The Morgan fingerprint density at radius 3 is 2.22 bits per heavy atom. The second-order valence-corrected chi connectivity index (χ2v) is 2.91. The van der Waals surface area contributed by atoms with Crippen LogP contribution in [0.15, 0.2) is 0 Å². The van der Waals surface area contributed by atoms with Gasteiger partial charge in [-0.25, -0.2) is 0 Å². The smallest absolute Gasteiger partial charge is 0.0599 e. The van der Waals surface area contributed by atoms with Crippen LogP contribution in [0.2, 0.25) is 0 Å². The van der Waals surface area contributed by atoms with Gasteiger partial charge in [-0.15, -0.1) is 0 Å². The Labute approximate surface area is 58.4 Å². The van der Waals surface area contributed by atoms with Gasteiger partial charge in [0.25, 0.3) is 0 Å². The minimum absolute atomic E-state index is 0. The largest absolute Gasteiger partial charge is 0.378 e. The molecule has 0 aliphatic carbocycles. The van der Waals surface area contributed by atoms with E-state index in [4.69, 9.17) is 4.74 Å². The van der Waals surface area contributed by atoms with E-state index < -0.39 is 0 Å². The van der Waals surface area contributed by atoms with E-state index in [0.717, 1.165) is 12.5 Å². The molecule has 1 aliphatic rings. The Kier molecular flexibility index (Phi) is 3.87. The van der Waals surface area contributed by atoms with Gasteiger partial charge in [0, 0.05) is 6.61 Å². The number of ether oxygens (including phenoxy) is 1. The normalized spacial score (nSPS) is 25.0. The monoisotopic (exact) mass is 130 g/mol. The van der Waals surface area contributed by atoms with Crippen LogP contribution in [0.4, 0.5) is 0 Å². The summed E-state index contributed by atoms with van der Waals surface area (Å²) in [6, 6.07) is 0. The average Bonchev–Trinajstić information content (AvgIpc) is 1.55. The van der Waals surface area contributed by atoms with Gasteiger partial charge in [-0.1, -0.05) is 21.3 Å². The van der Waals surface area contributed by atoms with Crippen LogP contribution in [0.3, 0.4) is 0 Å². The second kappa shape index (κ2) is 3.89. The maximum absolute atomic E-state index is 5.24. The first-order valence-electron chi connectivity index (χ1n) is 3.40.